The Hall–Kier alpha value is -3.02. The van der Waals surface area contributed by atoms with Crippen molar-refractivity contribution >= 4 is 28.7 Å². The van der Waals surface area contributed by atoms with Gasteiger partial charge in [-0.1, -0.05) is 18.2 Å². The van der Waals surface area contributed by atoms with Crippen LogP contribution in [-0.4, -0.2) is 22.9 Å². The minimum absolute atomic E-state index is 0.0770. The monoisotopic (exact) mass is 295 g/mol. The van der Waals surface area contributed by atoms with E-state index in [-0.39, 0.29) is 11.4 Å². The summed E-state index contributed by atoms with van der Waals surface area (Å²) in [4.78, 5) is 6.03. The maximum atomic E-state index is 13.7. The lowest BCUT2D eigenvalue weighted by atomic mass is 10.2. The van der Waals surface area contributed by atoms with E-state index in [9.17, 15) is 4.39 Å². The van der Waals surface area contributed by atoms with Gasteiger partial charge in [0.05, 0.1) is 11.9 Å². The molecule has 0 aliphatic rings. The van der Waals surface area contributed by atoms with E-state index in [1.165, 1.54) is 16.7 Å². The molecular formula is C16H14FN5. The van der Waals surface area contributed by atoms with Crippen LogP contribution in [0.15, 0.2) is 48.5 Å². The molecule has 0 spiro atoms. The van der Waals surface area contributed by atoms with Gasteiger partial charge in [0.2, 0.25) is 5.62 Å². The Kier molecular flexibility index (Phi) is 3.42. The molecule has 2 N–H and O–H groups in total. The van der Waals surface area contributed by atoms with Crippen molar-refractivity contribution in [2.75, 3.05) is 11.9 Å². The number of anilines is 2. The predicted molar refractivity (Wildman–Crippen MR) is 84.2 cm³/mol. The highest BCUT2D eigenvalue weighted by molar-refractivity contribution is 5.94. The molecular weight excluding hydrogens is 281 g/mol. The Labute approximate surface area is 126 Å². The van der Waals surface area contributed by atoms with Crippen LogP contribution in [-0.2, 0) is 0 Å². The topological polar surface area (TPSA) is 68.8 Å². The van der Waals surface area contributed by atoms with E-state index in [0.717, 1.165) is 12.0 Å². The predicted octanol–water partition coefficient (Wildman–Crippen LogP) is 2.88. The summed E-state index contributed by atoms with van der Waals surface area (Å²) in [6.45, 7) is 0. The molecule has 0 saturated heterocycles. The second-order valence-electron chi connectivity index (χ2n) is 4.81. The number of hydrogen-bond donors (Lipinski definition) is 2. The molecule has 0 radical (unpaired) electrons. The first-order chi connectivity index (χ1) is 10.6. The Morgan fingerprint density at radius 2 is 1.91 bits per heavy atom. The van der Waals surface area contributed by atoms with Crippen LogP contribution in [0.2, 0.25) is 0 Å². The molecule has 1 aromatic heterocycles. The number of fused-ring (bicyclic) bond motifs is 1. The second-order valence-corrected chi connectivity index (χ2v) is 4.81. The van der Waals surface area contributed by atoms with Gasteiger partial charge in [-0.05, 0) is 30.3 Å². The van der Waals surface area contributed by atoms with E-state index in [4.69, 9.17) is 10.8 Å². The van der Waals surface area contributed by atoms with Crippen molar-refractivity contribution in [3.05, 3.63) is 60.0 Å². The van der Waals surface area contributed by atoms with E-state index >= 15 is 0 Å². The fourth-order valence-corrected chi connectivity index (χ4v) is 2.39. The minimum atomic E-state index is -0.383. The van der Waals surface area contributed by atoms with Gasteiger partial charge in [-0.15, -0.1) is 0 Å². The molecule has 0 aliphatic carbocycles. The average Bonchev–Trinajstić information content (AvgIpc) is 2.54. The lowest BCUT2D eigenvalue weighted by molar-refractivity contribution is 0.629. The zero-order valence-corrected chi connectivity index (χ0v) is 11.9. The van der Waals surface area contributed by atoms with Gasteiger partial charge in [-0.2, -0.15) is 4.98 Å². The molecule has 0 atom stereocenters. The summed E-state index contributed by atoms with van der Waals surface area (Å²) in [5.74, 6) is 0.0927. The van der Waals surface area contributed by atoms with Crippen LogP contribution < -0.4 is 10.5 Å². The van der Waals surface area contributed by atoms with Gasteiger partial charge in [0.25, 0.3) is 0 Å². The number of nitrogens with zero attached hydrogens (tertiary/aromatic N) is 3. The second kappa shape index (κ2) is 5.40. The fraction of sp³-hybridized carbons (Fsp3) is 0.0625. The quantitative estimate of drug-likeness (QED) is 0.576. The molecule has 0 fully saturated rings. The molecule has 5 nitrogen and oxygen atoms in total. The summed E-state index contributed by atoms with van der Waals surface area (Å²) in [6, 6.07) is 13.8. The lowest BCUT2D eigenvalue weighted by Gasteiger charge is -2.21. The van der Waals surface area contributed by atoms with Crippen LogP contribution in [0.4, 0.5) is 15.9 Å². The van der Waals surface area contributed by atoms with Crippen molar-refractivity contribution < 1.29 is 4.39 Å². The Bertz CT molecular complexity index is 902. The van der Waals surface area contributed by atoms with E-state index in [1.807, 2.05) is 37.4 Å². The summed E-state index contributed by atoms with van der Waals surface area (Å²) in [6.07, 6.45) is 1.00. The molecule has 1 heterocycles. The normalized spacial score (nSPS) is 10.6. The van der Waals surface area contributed by atoms with Gasteiger partial charge in [0.1, 0.15) is 11.6 Å². The summed E-state index contributed by atoms with van der Waals surface area (Å²) in [5, 5.41) is 16.0. The van der Waals surface area contributed by atoms with Gasteiger partial charge in [0.15, 0.2) is 0 Å². The third kappa shape index (κ3) is 2.24. The molecule has 0 amide bonds. The first kappa shape index (κ1) is 13.9. The minimum Gasteiger partial charge on any atom is -0.329 e. The van der Waals surface area contributed by atoms with Crippen LogP contribution in [0.1, 0.15) is 0 Å². The highest BCUT2D eigenvalue weighted by Crippen LogP contribution is 2.28. The van der Waals surface area contributed by atoms with Crippen LogP contribution in [0.3, 0.4) is 0 Å². The maximum absolute atomic E-state index is 13.7. The summed E-state index contributed by atoms with van der Waals surface area (Å²) in [7, 11) is 1.82. The van der Waals surface area contributed by atoms with Gasteiger partial charge >= 0.3 is 0 Å². The van der Waals surface area contributed by atoms with Gasteiger partial charge in [0, 0.05) is 18.1 Å². The van der Waals surface area contributed by atoms with Crippen LogP contribution >= 0.6 is 0 Å². The number of nitrogens with one attached hydrogen (secondary N) is 2. The molecule has 0 bridgehead atoms. The lowest BCUT2D eigenvalue weighted by Crippen LogP contribution is -2.26. The molecule has 0 unspecified atom stereocenters. The molecule has 2 aromatic carbocycles. The molecule has 0 aliphatic heterocycles. The van der Waals surface area contributed by atoms with Crippen molar-refractivity contribution in [3.8, 4) is 0 Å². The molecule has 3 rings (SSSR count). The third-order valence-electron chi connectivity index (χ3n) is 3.49. The van der Waals surface area contributed by atoms with E-state index < -0.39 is 0 Å². The summed E-state index contributed by atoms with van der Waals surface area (Å²) < 4.78 is 15.0. The van der Waals surface area contributed by atoms with Crippen molar-refractivity contribution in [3.63, 3.8) is 0 Å². The first-order valence-electron chi connectivity index (χ1n) is 6.67. The van der Waals surface area contributed by atoms with Crippen LogP contribution in [0.25, 0.3) is 10.9 Å². The highest BCUT2D eigenvalue weighted by Gasteiger charge is 2.13. The molecule has 0 saturated carbocycles. The third-order valence-corrected chi connectivity index (χ3v) is 3.49. The van der Waals surface area contributed by atoms with Crippen molar-refractivity contribution in [2.45, 2.75) is 0 Å². The smallest absolute Gasteiger partial charge is 0.229 e. The highest BCUT2D eigenvalue weighted by atomic mass is 19.1. The number of hydrogen-bond acceptors (Lipinski definition) is 4. The van der Waals surface area contributed by atoms with Gasteiger partial charge < -0.3 is 4.90 Å². The first-order valence-corrected chi connectivity index (χ1v) is 6.67. The van der Waals surface area contributed by atoms with Crippen molar-refractivity contribution in [1.82, 2.24) is 9.55 Å². The maximum Gasteiger partial charge on any atom is 0.229 e. The fourth-order valence-electron chi connectivity index (χ4n) is 2.39. The number of rotatable bonds is 3. The Balaban J connectivity index is 2.32. The Morgan fingerprint density at radius 1 is 1.18 bits per heavy atom. The Morgan fingerprint density at radius 3 is 2.59 bits per heavy atom. The van der Waals surface area contributed by atoms with Gasteiger partial charge in [-0.3, -0.25) is 15.4 Å². The number of benzene rings is 2. The SMILES string of the molecule is CN(c1ccccc1)c1nc(=N)n(C=N)c2ccc(F)cc12. The number of para-hydroxylation sites is 1. The molecule has 3 aromatic rings. The van der Waals surface area contributed by atoms with E-state index in [1.54, 1.807) is 11.0 Å². The van der Waals surface area contributed by atoms with Crippen molar-refractivity contribution in [1.29, 1.82) is 10.8 Å². The van der Waals surface area contributed by atoms with Gasteiger partial charge in [-0.25, -0.2) is 4.39 Å². The standard InChI is InChI=1S/C16H14FN5/c1-21(12-5-3-2-4-6-12)15-13-9-11(17)7-8-14(13)22(10-18)16(19)20-15/h2-10,18-19H,1H3. The molecule has 110 valence electrons. The largest absolute Gasteiger partial charge is 0.329 e. The summed E-state index contributed by atoms with van der Waals surface area (Å²) >= 11 is 0. The van der Waals surface area contributed by atoms with E-state index in [2.05, 4.69) is 4.98 Å². The number of aromatic nitrogens is 2. The zero-order chi connectivity index (χ0) is 15.7. The average molecular weight is 295 g/mol. The van der Waals surface area contributed by atoms with Crippen molar-refractivity contribution in [2.24, 2.45) is 0 Å². The van der Waals surface area contributed by atoms with Crippen LogP contribution in [0.5, 0.6) is 0 Å². The van der Waals surface area contributed by atoms with Crippen LogP contribution in [0, 0.1) is 16.6 Å². The molecule has 22 heavy (non-hydrogen) atoms. The zero-order valence-electron chi connectivity index (χ0n) is 11.9. The van der Waals surface area contributed by atoms with E-state index in [0.29, 0.717) is 16.7 Å². The summed E-state index contributed by atoms with van der Waals surface area (Å²) in [5.41, 5.74) is 1.37. The molecule has 6 heteroatoms. The number of halogens is 1.